The van der Waals surface area contributed by atoms with Crippen molar-refractivity contribution in [2.24, 2.45) is 7.05 Å². The second-order valence-corrected chi connectivity index (χ2v) is 5.54. The Balaban J connectivity index is 2.25. The van der Waals surface area contributed by atoms with E-state index in [1.807, 2.05) is 11.8 Å². The van der Waals surface area contributed by atoms with E-state index in [-0.39, 0.29) is 5.91 Å². The summed E-state index contributed by atoms with van der Waals surface area (Å²) in [5.41, 5.74) is 7.67. The average Bonchev–Trinajstić information content (AvgIpc) is 2.59. The summed E-state index contributed by atoms with van der Waals surface area (Å²) in [6, 6.07) is 0.700. The molecule has 6 heteroatoms. The third-order valence-electron chi connectivity index (χ3n) is 4.12. The molecule has 1 aromatic heterocycles. The SMILES string of the molecule is Cc1nn(C)c(C(=O)N2CC(C)N(C)C(C)C2)c1N. The standard InChI is InChI=1S/C13H23N5O/c1-8-6-18(7-9(2)16(8)4)13(19)12-11(14)10(3)15-17(12)5/h8-9H,6-7,14H2,1-5H3. The van der Waals surface area contributed by atoms with Gasteiger partial charge in [0.05, 0.1) is 11.4 Å². The number of carbonyl (C=O) groups is 1. The first-order valence-electron chi connectivity index (χ1n) is 6.63. The van der Waals surface area contributed by atoms with E-state index in [2.05, 4.69) is 30.9 Å². The van der Waals surface area contributed by atoms with E-state index in [9.17, 15) is 4.79 Å². The van der Waals surface area contributed by atoms with Gasteiger partial charge in [-0.2, -0.15) is 5.10 Å². The van der Waals surface area contributed by atoms with Gasteiger partial charge in [-0.1, -0.05) is 0 Å². The number of anilines is 1. The third-order valence-corrected chi connectivity index (χ3v) is 4.12. The maximum atomic E-state index is 12.6. The number of carbonyl (C=O) groups excluding carboxylic acids is 1. The Morgan fingerprint density at radius 1 is 1.26 bits per heavy atom. The Kier molecular flexibility index (Phi) is 3.54. The van der Waals surface area contributed by atoms with Crippen LogP contribution in [0.3, 0.4) is 0 Å². The van der Waals surface area contributed by atoms with Gasteiger partial charge in [-0.3, -0.25) is 14.4 Å². The summed E-state index contributed by atoms with van der Waals surface area (Å²) in [6.07, 6.45) is 0. The summed E-state index contributed by atoms with van der Waals surface area (Å²) >= 11 is 0. The molecule has 0 bridgehead atoms. The van der Waals surface area contributed by atoms with Crippen LogP contribution in [0.25, 0.3) is 0 Å². The van der Waals surface area contributed by atoms with Gasteiger partial charge in [-0.05, 0) is 27.8 Å². The van der Waals surface area contributed by atoms with Gasteiger partial charge >= 0.3 is 0 Å². The second kappa shape index (κ2) is 4.85. The molecule has 2 N–H and O–H groups in total. The minimum absolute atomic E-state index is 0.0209. The van der Waals surface area contributed by atoms with E-state index in [0.717, 1.165) is 13.1 Å². The molecule has 0 aliphatic carbocycles. The molecular weight excluding hydrogens is 242 g/mol. The first kappa shape index (κ1) is 13.9. The number of nitrogens with zero attached hydrogens (tertiary/aromatic N) is 4. The van der Waals surface area contributed by atoms with Crippen molar-refractivity contribution < 1.29 is 4.79 Å². The van der Waals surface area contributed by atoms with Crippen molar-refractivity contribution in [2.45, 2.75) is 32.9 Å². The summed E-state index contributed by atoms with van der Waals surface area (Å²) in [5.74, 6) is -0.0209. The molecule has 2 heterocycles. The van der Waals surface area contributed by atoms with Gasteiger partial charge in [0.15, 0.2) is 0 Å². The molecule has 2 unspecified atom stereocenters. The normalized spacial score (nSPS) is 24.8. The van der Waals surface area contributed by atoms with E-state index in [4.69, 9.17) is 5.73 Å². The van der Waals surface area contributed by atoms with Gasteiger partial charge in [0.1, 0.15) is 5.69 Å². The summed E-state index contributed by atoms with van der Waals surface area (Å²) in [7, 11) is 3.86. The van der Waals surface area contributed by atoms with Crippen LogP contribution in [0, 0.1) is 6.92 Å². The van der Waals surface area contributed by atoms with Gasteiger partial charge < -0.3 is 10.6 Å². The molecule has 2 rings (SSSR count). The Labute approximate surface area is 114 Å². The number of aromatic nitrogens is 2. The summed E-state index contributed by atoms with van der Waals surface area (Å²) in [6.45, 7) is 7.54. The minimum atomic E-state index is -0.0209. The lowest BCUT2D eigenvalue weighted by molar-refractivity contribution is 0.0406. The molecule has 106 valence electrons. The zero-order chi connectivity index (χ0) is 14.3. The van der Waals surface area contributed by atoms with Crippen molar-refractivity contribution in [1.29, 1.82) is 0 Å². The van der Waals surface area contributed by atoms with E-state index in [1.165, 1.54) is 0 Å². The summed E-state index contributed by atoms with van der Waals surface area (Å²) in [5, 5.41) is 4.21. The molecule has 1 amide bonds. The highest BCUT2D eigenvalue weighted by molar-refractivity contribution is 5.98. The molecule has 1 fully saturated rings. The van der Waals surface area contributed by atoms with E-state index < -0.39 is 0 Å². The number of rotatable bonds is 1. The number of aryl methyl sites for hydroxylation is 2. The molecule has 6 nitrogen and oxygen atoms in total. The zero-order valence-corrected chi connectivity index (χ0v) is 12.3. The number of nitrogens with two attached hydrogens (primary N) is 1. The van der Waals surface area contributed by atoms with Gasteiger partial charge in [-0.15, -0.1) is 0 Å². The molecule has 19 heavy (non-hydrogen) atoms. The lowest BCUT2D eigenvalue weighted by Gasteiger charge is -2.42. The lowest BCUT2D eigenvalue weighted by Crippen LogP contribution is -2.56. The largest absolute Gasteiger partial charge is 0.395 e. The van der Waals surface area contributed by atoms with E-state index in [1.54, 1.807) is 11.7 Å². The highest BCUT2D eigenvalue weighted by atomic mass is 16.2. The topological polar surface area (TPSA) is 67.4 Å². The quantitative estimate of drug-likeness (QED) is 0.802. The van der Waals surface area contributed by atoms with Crippen LogP contribution in [-0.2, 0) is 7.05 Å². The Morgan fingerprint density at radius 3 is 2.21 bits per heavy atom. The van der Waals surface area contributed by atoms with Gasteiger partial charge in [-0.25, -0.2) is 0 Å². The Bertz CT molecular complexity index is 483. The summed E-state index contributed by atoms with van der Waals surface area (Å²) in [4.78, 5) is 16.8. The first-order chi connectivity index (χ1) is 8.82. The molecule has 0 saturated carbocycles. The van der Waals surface area contributed by atoms with Crippen LogP contribution in [0.1, 0.15) is 30.0 Å². The van der Waals surface area contributed by atoms with Gasteiger partial charge in [0, 0.05) is 32.2 Å². The maximum absolute atomic E-state index is 12.6. The third kappa shape index (κ3) is 2.32. The number of hydrogen-bond donors (Lipinski definition) is 1. The van der Waals surface area contributed by atoms with Crippen molar-refractivity contribution in [2.75, 3.05) is 25.9 Å². The fourth-order valence-corrected chi connectivity index (χ4v) is 2.65. The molecule has 1 aliphatic rings. The van der Waals surface area contributed by atoms with Crippen molar-refractivity contribution in [1.82, 2.24) is 19.6 Å². The van der Waals surface area contributed by atoms with Crippen LogP contribution in [0.15, 0.2) is 0 Å². The molecular formula is C13H23N5O. The van der Waals surface area contributed by atoms with Crippen molar-refractivity contribution in [3.8, 4) is 0 Å². The number of nitrogen functional groups attached to an aromatic ring is 1. The van der Waals surface area contributed by atoms with E-state index in [0.29, 0.717) is 29.2 Å². The molecule has 0 aromatic carbocycles. The van der Waals surface area contributed by atoms with Crippen LogP contribution in [0.4, 0.5) is 5.69 Å². The first-order valence-corrected chi connectivity index (χ1v) is 6.63. The van der Waals surface area contributed by atoms with Crippen LogP contribution < -0.4 is 5.73 Å². The van der Waals surface area contributed by atoms with Crippen LogP contribution >= 0.6 is 0 Å². The Hall–Kier alpha value is -1.56. The van der Waals surface area contributed by atoms with Crippen molar-refractivity contribution >= 4 is 11.6 Å². The lowest BCUT2D eigenvalue weighted by atomic mass is 10.1. The highest BCUT2D eigenvalue weighted by Gasteiger charge is 2.32. The minimum Gasteiger partial charge on any atom is -0.395 e. The fraction of sp³-hybridized carbons (Fsp3) is 0.692. The second-order valence-electron chi connectivity index (χ2n) is 5.54. The molecule has 0 spiro atoms. The molecule has 0 radical (unpaired) electrons. The van der Waals surface area contributed by atoms with Crippen LogP contribution in [0.2, 0.25) is 0 Å². The predicted octanol–water partition coefficient (Wildman–Crippen LogP) is 0.475. The molecule has 1 aliphatic heterocycles. The molecule has 2 atom stereocenters. The number of likely N-dealkylation sites (N-methyl/N-ethyl adjacent to an activating group) is 1. The number of hydrogen-bond acceptors (Lipinski definition) is 4. The monoisotopic (exact) mass is 265 g/mol. The number of piperazine rings is 1. The maximum Gasteiger partial charge on any atom is 0.274 e. The van der Waals surface area contributed by atoms with Crippen molar-refractivity contribution in [3.63, 3.8) is 0 Å². The van der Waals surface area contributed by atoms with Gasteiger partial charge in [0.25, 0.3) is 5.91 Å². The van der Waals surface area contributed by atoms with Crippen molar-refractivity contribution in [3.05, 3.63) is 11.4 Å². The molecule has 1 aromatic rings. The van der Waals surface area contributed by atoms with Crippen LogP contribution in [-0.4, -0.2) is 57.7 Å². The van der Waals surface area contributed by atoms with Gasteiger partial charge in [0.2, 0.25) is 0 Å². The molecule has 1 saturated heterocycles. The van der Waals surface area contributed by atoms with E-state index >= 15 is 0 Å². The highest BCUT2D eigenvalue weighted by Crippen LogP contribution is 2.21. The Morgan fingerprint density at radius 2 is 1.79 bits per heavy atom. The average molecular weight is 265 g/mol. The smallest absolute Gasteiger partial charge is 0.274 e. The number of amides is 1. The fourth-order valence-electron chi connectivity index (χ4n) is 2.65. The predicted molar refractivity (Wildman–Crippen MR) is 74.9 cm³/mol. The van der Waals surface area contributed by atoms with Crippen LogP contribution in [0.5, 0.6) is 0 Å². The summed E-state index contributed by atoms with van der Waals surface area (Å²) < 4.78 is 1.58. The zero-order valence-electron chi connectivity index (χ0n) is 12.3.